The number of fused-ring (bicyclic) bond motifs is 3. The van der Waals surface area contributed by atoms with Gasteiger partial charge in [0.1, 0.15) is 5.82 Å². The molecule has 0 aliphatic carbocycles. The quantitative estimate of drug-likeness (QED) is 0.740. The molecule has 0 radical (unpaired) electrons. The van der Waals surface area contributed by atoms with E-state index in [1.54, 1.807) is 11.9 Å². The van der Waals surface area contributed by atoms with Gasteiger partial charge in [-0.05, 0) is 6.07 Å². The van der Waals surface area contributed by atoms with E-state index in [4.69, 9.17) is 0 Å². The fourth-order valence-corrected chi connectivity index (χ4v) is 2.72. The first-order chi connectivity index (χ1) is 8.58. The molecule has 0 saturated carbocycles. The number of hydrogen-bond donors (Lipinski definition) is 1. The average Bonchev–Trinajstić information content (AvgIpc) is 2.27. The van der Waals surface area contributed by atoms with E-state index < -0.39 is 11.6 Å². The second kappa shape index (κ2) is 3.91. The Balaban J connectivity index is 2.17. The maximum absolute atomic E-state index is 13.8. The summed E-state index contributed by atoms with van der Waals surface area (Å²) in [6.07, 6.45) is 0. The van der Waals surface area contributed by atoms with E-state index >= 15 is 0 Å². The zero-order valence-corrected chi connectivity index (χ0v) is 9.91. The third-order valence-electron chi connectivity index (χ3n) is 3.42. The molecule has 3 rings (SSSR count). The highest BCUT2D eigenvalue weighted by Gasteiger charge is 2.37. The van der Waals surface area contributed by atoms with Gasteiger partial charge in [-0.1, -0.05) is 0 Å². The SMILES string of the molecule is CN1CC2CNCC(=O)N2c2cc(F)cc(F)c21. The van der Waals surface area contributed by atoms with Crippen LogP contribution in [0.2, 0.25) is 0 Å². The van der Waals surface area contributed by atoms with Gasteiger partial charge >= 0.3 is 0 Å². The molecule has 18 heavy (non-hydrogen) atoms. The zero-order valence-electron chi connectivity index (χ0n) is 9.91. The Morgan fingerprint density at radius 1 is 1.39 bits per heavy atom. The molecule has 1 fully saturated rings. The summed E-state index contributed by atoms with van der Waals surface area (Å²) in [5.74, 6) is -1.44. The predicted octanol–water partition coefficient (Wildman–Crippen LogP) is 0.719. The molecule has 1 aromatic carbocycles. The van der Waals surface area contributed by atoms with E-state index in [-0.39, 0.29) is 18.5 Å². The van der Waals surface area contributed by atoms with Gasteiger partial charge in [0.15, 0.2) is 5.82 Å². The van der Waals surface area contributed by atoms with Crippen LogP contribution in [-0.4, -0.2) is 38.6 Å². The standard InChI is InChI=1S/C12H13F2N3O/c1-16-6-8-4-15-5-11(18)17(8)10-3-7(13)2-9(14)12(10)16/h2-3,8,15H,4-6H2,1H3. The van der Waals surface area contributed by atoms with Gasteiger partial charge in [0.05, 0.1) is 24.0 Å². The number of carbonyl (C=O) groups excluding carboxylic acids is 1. The molecule has 2 aliphatic rings. The number of nitrogens with one attached hydrogen (secondary N) is 1. The minimum Gasteiger partial charge on any atom is -0.368 e. The first-order valence-corrected chi connectivity index (χ1v) is 5.81. The summed E-state index contributed by atoms with van der Waals surface area (Å²) in [7, 11) is 1.75. The average molecular weight is 253 g/mol. The van der Waals surface area contributed by atoms with Gasteiger partial charge in [0.25, 0.3) is 0 Å². The normalized spacial score (nSPS) is 22.8. The first-order valence-electron chi connectivity index (χ1n) is 5.81. The lowest BCUT2D eigenvalue weighted by Gasteiger charge is -2.44. The minimum atomic E-state index is -0.661. The van der Waals surface area contributed by atoms with Crippen LogP contribution in [-0.2, 0) is 4.79 Å². The Hall–Kier alpha value is -1.69. The Kier molecular flexibility index (Phi) is 2.48. The van der Waals surface area contributed by atoms with Crippen LogP contribution in [0, 0.1) is 11.6 Å². The number of nitrogens with zero attached hydrogens (tertiary/aromatic N) is 2. The molecule has 0 bridgehead atoms. The molecule has 4 nitrogen and oxygen atoms in total. The molecule has 1 unspecified atom stereocenters. The van der Waals surface area contributed by atoms with Crippen LogP contribution in [0.4, 0.5) is 20.2 Å². The van der Waals surface area contributed by atoms with Crippen LogP contribution in [0.15, 0.2) is 12.1 Å². The van der Waals surface area contributed by atoms with Gasteiger partial charge in [-0.15, -0.1) is 0 Å². The maximum atomic E-state index is 13.8. The molecular formula is C12H13F2N3O. The van der Waals surface area contributed by atoms with E-state index in [2.05, 4.69) is 5.32 Å². The molecule has 1 atom stereocenters. The fourth-order valence-electron chi connectivity index (χ4n) is 2.72. The van der Waals surface area contributed by atoms with E-state index in [1.807, 2.05) is 0 Å². The van der Waals surface area contributed by atoms with Gasteiger partial charge < -0.3 is 15.1 Å². The van der Waals surface area contributed by atoms with E-state index in [0.29, 0.717) is 24.5 Å². The summed E-state index contributed by atoms with van der Waals surface area (Å²) in [5.41, 5.74) is 0.626. The molecule has 96 valence electrons. The molecule has 1 saturated heterocycles. The van der Waals surface area contributed by atoms with Crippen molar-refractivity contribution in [1.29, 1.82) is 0 Å². The van der Waals surface area contributed by atoms with Crippen molar-refractivity contribution in [1.82, 2.24) is 5.32 Å². The Morgan fingerprint density at radius 2 is 2.17 bits per heavy atom. The Morgan fingerprint density at radius 3 is 2.94 bits per heavy atom. The highest BCUT2D eigenvalue weighted by atomic mass is 19.1. The largest absolute Gasteiger partial charge is 0.368 e. The number of piperazine rings is 1. The number of hydrogen-bond acceptors (Lipinski definition) is 3. The highest BCUT2D eigenvalue weighted by molar-refractivity contribution is 6.00. The lowest BCUT2D eigenvalue weighted by Crippen LogP contribution is -2.61. The van der Waals surface area contributed by atoms with Crippen LogP contribution in [0.25, 0.3) is 0 Å². The summed E-state index contributed by atoms with van der Waals surface area (Å²) in [6.45, 7) is 1.37. The molecule has 6 heteroatoms. The summed E-state index contributed by atoms with van der Waals surface area (Å²) >= 11 is 0. The molecule has 2 heterocycles. The van der Waals surface area contributed by atoms with Gasteiger partial charge in [-0.3, -0.25) is 4.79 Å². The number of rotatable bonds is 0. The number of benzene rings is 1. The van der Waals surface area contributed by atoms with Crippen molar-refractivity contribution in [2.45, 2.75) is 6.04 Å². The fraction of sp³-hybridized carbons (Fsp3) is 0.417. The number of halogens is 2. The molecule has 1 amide bonds. The zero-order chi connectivity index (χ0) is 12.9. The molecule has 2 aliphatic heterocycles. The van der Waals surface area contributed by atoms with Gasteiger partial charge in [0, 0.05) is 26.2 Å². The number of anilines is 2. The molecule has 0 spiro atoms. The van der Waals surface area contributed by atoms with Crippen molar-refractivity contribution < 1.29 is 13.6 Å². The monoisotopic (exact) mass is 253 g/mol. The van der Waals surface area contributed by atoms with Crippen molar-refractivity contribution in [3.8, 4) is 0 Å². The van der Waals surface area contributed by atoms with Crippen molar-refractivity contribution >= 4 is 17.3 Å². The molecule has 1 N–H and O–H groups in total. The van der Waals surface area contributed by atoms with E-state index in [1.165, 1.54) is 11.0 Å². The van der Waals surface area contributed by atoms with E-state index in [9.17, 15) is 13.6 Å². The highest BCUT2D eigenvalue weighted by Crippen LogP contribution is 2.38. The minimum absolute atomic E-state index is 0.0788. The number of likely N-dealkylation sites (N-methyl/N-ethyl adjacent to an activating group) is 1. The van der Waals surface area contributed by atoms with E-state index in [0.717, 1.165) is 6.07 Å². The third kappa shape index (κ3) is 1.56. The second-order valence-electron chi connectivity index (χ2n) is 4.68. The lowest BCUT2D eigenvalue weighted by atomic mass is 10.0. The van der Waals surface area contributed by atoms with Crippen LogP contribution in [0.1, 0.15) is 0 Å². The number of carbonyl (C=O) groups is 1. The Bertz CT molecular complexity index is 520. The van der Waals surface area contributed by atoms with Crippen LogP contribution in [0.3, 0.4) is 0 Å². The summed E-state index contributed by atoms with van der Waals surface area (Å²) in [5, 5.41) is 3.01. The third-order valence-corrected chi connectivity index (χ3v) is 3.42. The summed E-state index contributed by atoms with van der Waals surface area (Å²) in [6, 6.07) is 2.00. The van der Waals surface area contributed by atoms with Crippen LogP contribution < -0.4 is 15.1 Å². The van der Waals surface area contributed by atoms with Crippen LogP contribution in [0.5, 0.6) is 0 Å². The first kappa shape index (κ1) is 11.4. The van der Waals surface area contributed by atoms with Crippen molar-refractivity contribution in [3.63, 3.8) is 0 Å². The molecule has 0 aromatic heterocycles. The smallest absolute Gasteiger partial charge is 0.241 e. The molecular weight excluding hydrogens is 240 g/mol. The van der Waals surface area contributed by atoms with Gasteiger partial charge in [-0.25, -0.2) is 8.78 Å². The summed E-state index contributed by atoms with van der Waals surface area (Å²) < 4.78 is 27.2. The molecule has 1 aromatic rings. The maximum Gasteiger partial charge on any atom is 0.241 e. The number of amides is 1. The van der Waals surface area contributed by atoms with Crippen LogP contribution >= 0.6 is 0 Å². The Labute approximate surface area is 103 Å². The predicted molar refractivity (Wildman–Crippen MR) is 63.8 cm³/mol. The van der Waals surface area contributed by atoms with Gasteiger partial charge in [-0.2, -0.15) is 0 Å². The summed E-state index contributed by atoms with van der Waals surface area (Å²) in [4.78, 5) is 15.2. The van der Waals surface area contributed by atoms with Crippen molar-refractivity contribution in [2.24, 2.45) is 0 Å². The second-order valence-corrected chi connectivity index (χ2v) is 4.68. The van der Waals surface area contributed by atoms with Crippen molar-refractivity contribution in [2.75, 3.05) is 36.5 Å². The van der Waals surface area contributed by atoms with Gasteiger partial charge in [0.2, 0.25) is 5.91 Å². The lowest BCUT2D eigenvalue weighted by molar-refractivity contribution is -0.119. The van der Waals surface area contributed by atoms with Crippen molar-refractivity contribution in [3.05, 3.63) is 23.8 Å². The topological polar surface area (TPSA) is 35.6 Å².